The van der Waals surface area contributed by atoms with Crippen molar-refractivity contribution in [2.45, 2.75) is 19.3 Å². The average Bonchev–Trinajstić information content (AvgIpc) is 2.50. The van der Waals surface area contributed by atoms with Gasteiger partial charge in [-0.1, -0.05) is 35.9 Å². The van der Waals surface area contributed by atoms with E-state index in [0.29, 0.717) is 15.9 Å². The normalized spacial score (nSPS) is 17.4. The minimum absolute atomic E-state index is 0.0904. The van der Waals surface area contributed by atoms with Crippen molar-refractivity contribution in [1.82, 2.24) is 0 Å². The Morgan fingerprint density at radius 3 is 2.71 bits per heavy atom. The van der Waals surface area contributed by atoms with Crippen molar-refractivity contribution in [3.63, 3.8) is 0 Å². The lowest BCUT2D eigenvalue weighted by Crippen LogP contribution is -2.23. The van der Waals surface area contributed by atoms with Gasteiger partial charge in [0.2, 0.25) is 0 Å². The molecule has 0 spiro atoms. The maximum atomic E-state index is 14.0. The van der Waals surface area contributed by atoms with Crippen molar-refractivity contribution < 1.29 is 9.18 Å². The SMILES string of the molecule is O=C(c1cc(Cl)c(Br)cc1F)C1CCc2ccccc2C1. The van der Waals surface area contributed by atoms with Gasteiger partial charge in [0.05, 0.1) is 10.6 Å². The molecule has 1 nitrogen and oxygen atoms in total. The molecule has 0 radical (unpaired) electrons. The van der Waals surface area contributed by atoms with Gasteiger partial charge in [0.15, 0.2) is 5.78 Å². The molecule has 3 rings (SSSR count). The molecule has 0 aromatic heterocycles. The monoisotopic (exact) mass is 366 g/mol. The van der Waals surface area contributed by atoms with Crippen molar-refractivity contribution in [2.75, 3.05) is 0 Å². The van der Waals surface area contributed by atoms with E-state index >= 15 is 0 Å². The number of hydrogen-bond donors (Lipinski definition) is 0. The Morgan fingerprint density at radius 1 is 1.24 bits per heavy atom. The van der Waals surface area contributed by atoms with E-state index < -0.39 is 5.82 Å². The summed E-state index contributed by atoms with van der Waals surface area (Å²) < 4.78 is 14.5. The van der Waals surface area contributed by atoms with E-state index in [1.807, 2.05) is 18.2 Å². The smallest absolute Gasteiger partial charge is 0.169 e. The lowest BCUT2D eigenvalue weighted by Gasteiger charge is -2.23. The molecular weight excluding hydrogens is 355 g/mol. The quantitative estimate of drug-likeness (QED) is 0.525. The highest BCUT2D eigenvalue weighted by Crippen LogP contribution is 2.31. The van der Waals surface area contributed by atoms with Gasteiger partial charge in [-0.05, 0) is 58.5 Å². The Bertz CT molecular complexity index is 714. The molecule has 1 unspecified atom stereocenters. The third-order valence-electron chi connectivity index (χ3n) is 3.99. The Kier molecular flexibility index (Phi) is 4.14. The molecule has 21 heavy (non-hydrogen) atoms. The fourth-order valence-corrected chi connectivity index (χ4v) is 3.33. The second kappa shape index (κ2) is 5.90. The summed E-state index contributed by atoms with van der Waals surface area (Å²) in [5.41, 5.74) is 2.56. The molecule has 0 saturated heterocycles. The third kappa shape index (κ3) is 2.90. The van der Waals surface area contributed by atoms with Gasteiger partial charge in [-0.2, -0.15) is 0 Å². The van der Waals surface area contributed by atoms with Gasteiger partial charge in [0.1, 0.15) is 5.82 Å². The topological polar surface area (TPSA) is 17.1 Å². The van der Waals surface area contributed by atoms with E-state index in [0.717, 1.165) is 12.8 Å². The van der Waals surface area contributed by atoms with Gasteiger partial charge >= 0.3 is 0 Å². The number of carbonyl (C=O) groups is 1. The Hall–Kier alpha value is -1.19. The van der Waals surface area contributed by atoms with Crippen LogP contribution in [0.5, 0.6) is 0 Å². The van der Waals surface area contributed by atoms with Crippen molar-refractivity contribution in [2.24, 2.45) is 5.92 Å². The molecule has 1 aliphatic rings. The lowest BCUT2D eigenvalue weighted by molar-refractivity contribution is 0.0904. The minimum atomic E-state index is -0.518. The predicted octanol–water partition coefficient (Wildman–Crippen LogP) is 5.23. The number of halogens is 3. The fraction of sp³-hybridized carbons (Fsp3) is 0.235. The van der Waals surface area contributed by atoms with E-state index in [2.05, 4.69) is 22.0 Å². The van der Waals surface area contributed by atoms with Crippen molar-refractivity contribution >= 4 is 33.3 Å². The molecule has 0 bridgehead atoms. The highest BCUT2D eigenvalue weighted by Gasteiger charge is 2.27. The maximum Gasteiger partial charge on any atom is 0.169 e. The van der Waals surface area contributed by atoms with Crippen LogP contribution in [-0.2, 0) is 12.8 Å². The molecule has 0 aliphatic heterocycles. The van der Waals surface area contributed by atoms with Crippen molar-refractivity contribution in [3.05, 3.63) is 68.4 Å². The minimum Gasteiger partial charge on any atom is -0.294 e. The molecule has 0 N–H and O–H groups in total. The average molecular weight is 368 g/mol. The predicted molar refractivity (Wildman–Crippen MR) is 85.4 cm³/mol. The standard InChI is InChI=1S/C17H13BrClFO/c18-14-9-16(20)13(8-15(14)19)17(21)12-6-5-10-3-1-2-4-11(10)7-12/h1-4,8-9,12H,5-7H2. The van der Waals surface area contributed by atoms with Gasteiger partial charge in [-0.3, -0.25) is 4.79 Å². The molecule has 1 atom stereocenters. The number of aryl methyl sites for hydroxylation is 1. The molecule has 2 aromatic carbocycles. The molecule has 108 valence electrons. The van der Waals surface area contributed by atoms with Crippen LogP contribution in [0.25, 0.3) is 0 Å². The van der Waals surface area contributed by atoms with Crippen molar-refractivity contribution in [3.8, 4) is 0 Å². The van der Waals surface area contributed by atoms with Crippen LogP contribution < -0.4 is 0 Å². The van der Waals surface area contributed by atoms with E-state index in [-0.39, 0.29) is 17.3 Å². The van der Waals surface area contributed by atoms with Gasteiger partial charge in [0.25, 0.3) is 0 Å². The van der Waals surface area contributed by atoms with Crippen LogP contribution >= 0.6 is 27.5 Å². The number of carbonyl (C=O) groups excluding carboxylic acids is 1. The van der Waals surface area contributed by atoms with Crippen LogP contribution in [0.15, 0.2) is 40.9 Å². The van der Waals surface area contributed by atoms with Crippen LogP contribution in [0.2, 0.25) is 5.02 Å². The first-order valence-corrected chi connectivity index (χ1v) is 7.99. The van der Waals surface area contributed by atoms with Crippen LogP contribution in [0, 0.1) is 11.7 Å². The number of Topliss-reactive ketones (excluding diaryl/α,β-unsaturated/α-hetero) is 1. The summed E-state index contributed by atoms with van der Waals surface area (Å²) in [5.74, 6) is -0.849. The molecular formula is C17H13BrClFO. The lowest BCUT2D eigenvalue weighted by atomic mass is 9.80. The van der Waals surface area contributed by atoms with Crippen LogP contribution in [0.3, 0.4) is 0 Å². The molecule has 2 aromatic rings. The summed E-state index contributed by atoms with van der Waals surface area (Å²) in [6, 6.07) is 10.8. The largest absolute Gasteiger partial charge is 0.294 e. The van der Waals surface area contributed by atoms with Gasteiger partial charge in [-0.25, -0.2) is 4.39 Å². The molecule has 0 fully saturated rings. The summed E-state index contributed by atoms with van der Waals surface area (Å²) in [5, 5.41) is 0.357. The molecule has 0 heterocycles. The van der Waals surface area contributed by atoms with E-state index in [1.54, 1.807) is 0 Å². The second-order valence-electron chi connectivity index (χ2n) is 5.32. The molecule has 4 heteroatoms. The Morgan fingerprint density at radius 2 is 1.95 bits per heavy atom. The van der Waals surface area contributed by atoms with E-state index in [9.17, 15) is 9.18 Å². The fourth-order valence-electron chi connectivity index (χ4n) is 2.85. The number of fused-ring (bicyclic) bond motifs is 1. The third-order valence-corrected chi connectivity index (χ3v) is 5.19. The molecule has 1 aliphatic carbocycles. The summed E-state index contributed by atoms with van der Waals surface area (Å²) >= 11 is 9.15. The van der Waals surface area contributed by atoms with Crippen LogP contribution in [-0.4, -0.2) is 5.78 Å². The summed E-state index contributed by atoms with van der Waals surface area (Å²) in [6.07, 6.45) is 2.28. The van der Waals surface area contributed by atoms with Crippen LogP contribution in [0.4, 0.5) is 4.39 Å². The molecule has 0 saturated carbocycles. The summed E-state index contributed by atoms with van der Waals surface area (Å²) in [7, 11) is 0. The number of hydrogen-bond acceptors (Lipinski definition) is 1. The Balaban J connectivity index is 1.89. The second-order valence-corrected chi connectivity index (χ2v) is 6.58. The zero-order chi connectivity index (χ0) is 15.0. The first kappa shape index (κ1) is 14.7. The number of rotatable bonds is 2. The zero-order valence-electron chi connectivity index (χ0n) is 11.2. The Labute approximate surface area is 136 Å². The maximum absolute atomic E-state index is 14.0. The first-order chi connectivity index (χ1) is 10.1. The van der Waals surface area contributed by atoms with Gasteiger partial charge < -0.3 is 0 Å². The van der Waals surface area contributed by atoms with Gasteiger partial charge in [-0.15, -0.1) is 0 Å². The highest BCUT2D eigenvalue weighted by atomic mass is 79.9. The summed E-state index contributed by atoms with van der Waals surface area (Å²) in [6.45, 7) is 0. The van der Waals surface area contributed by atoms with Crippen molar-refractivity contribution in [1.29, 1.82) is 0 Å². The van der Waals surface area contributed by atoms with Gasteiger partial charge in [0, 0.05) is 10.4 Å². The van der Waals surface area contributed by atoms with E-state index in [4.69, 9.17) is 11.6 Å². The van der Waals surface area contributed by atoms with Crippen LogP contribution in [0.1, 0.15) is 27.9 Å². The zero-order valence-corrected chi connectivity index (χ0v) is 13.5. The number of ketones is 1. The molecule has 0 amide bonds. The summed E-state index contributed by atoms with van der Waals surface area (Å²) in [4.78, 5) is 12.6. The highest BCUT2D eigenvalue weighted by molar-refractivity contribution is 9.10. The number of benzene rings is 2. The first-order valence-electron chi connectivity index (χ1n) is 6.82. The van der Waals surface area contributed by atoms with E-state index in [1.165, 1.54) is 23.3 Å².